The van der Waals surface area contributed by atoms with Gasteiger partial charge in [-0.1, -0.05) is 0 Å². The smallest absolute Gasteiger partial charge is 0.256 e. The molecule has 0 aromatic heterocycles. The third-order valence-electron chi connectivity index (χ3n) is 3.61. The number of nitrogens with zero attached hydrogens (tertiary/aromatic N) is 1. The minimum atomic E-state index is -0.499. The van der Waals surface area contributed by atoms with Crippen molar-refractivity contribution in [1.29, 1.82) is 0 Å². The summed E-state index contributed by atoms with van der Waals surface area (Å²) in [6, 6.07) is 2.92. The van der Waals surface area contributed by atoms with E-state index in [1.165, 1.54) is 17.0 Å². The molecule has 1 atom stereocenters. The molecule has 1 aromatic carbocycles. The number of nitrogens with two attached hydrogens (primary N) is 1. The fourth-order valence-corrected chi connectivity index (χ4v) is 2.50. The number of ether oxygens (including phenoxy) is 1. The number of carbonyl (C=O) groups is 1. The van der Waals surface area contributed by atoms with Gasteiger partial charge >= 0.3 is 0 Å². The van der Waals surface area contributed by atoms with Gasteiger partial charge in [-0.05, 0) is 43.9 Å². The molecule has 1 heterocycles. The quantitative estimate of drug-likeness (QED) is 0.865. The molecule has 1 fully saturated rings. The molecule has 4 nitrogen and oxygen atoms in total. The van der Waals surface area contributed by atoms with Gasteiger partial charge in [0.15, 0.2) is 0 Å². The summed E-state index contributed by atoms with van der Waals surface area (Å²) in [5.41, 5.74) is 6.50. The van der Waals surface area contributed by atoms with Crippen molar-refractivity contribution in [3.05, 3.63) is 29.1 Å². The van der Waals surface area contributed by atoms with E-state index in [4.69, 9.17) is 10.5 Å². The number of amides is 1. The predicted octanol–water partition coefficient (Wildman–Crippen LogP) is 2.36. The van der Waals surface area contributed by atoms with Crippen molar-refractivity contribution in [2.24, 2.45) is 0 Å². The van der Waals surface area contributed by atoms with Crippen molar-refractivity contribution >= 4 is 11.6 Å². The molecule has 0 aliphatic carbocycles. The van der Waals surface area contributed by atoms with Crippen molar-refractivity contribution < 1.29 is 13.9 Å². The van der Waals surface area contributed by atoms with Crippen molar-refractivity contribution in [3.63, 3.8) is 0 Å². The Hall–Kier alpha value is -1.62. The van der Waals surface area contributed by atoms with E-state index < -0.39 is 5.82 Å². The van der Waals surface area contributed by atoms with E-state index in [1.807, 2.05) is 0 Å². The van der Waals surface area contributed by atoms with E-state index in [1.54, 1.807) is 14.0 Å². The molecular formula is C15H21FN2O2. The third-order valence-corrected chi connectivity index (χ3v) is 3.61. The van der Waals surface area contributed by atoms with Gasteiger partial charge in [0.25, 0.3) is 5.91 Å². The van der Waals surface area contributed by atoms with Crippen LogP contribution in [0.1, 0.15) is 35.2 Å². The summed E-state index contributed by atoms with van der Waals surface area (Å²) in [4.78, 5) is 13.8. The first kappa shape index (κ1) is 14.8. The highest BCUT2D eigenvalue weighted by atomic mass is 19.1. The van der Waals surface area contributed by atoms with Crippen LogP contribution in [0.15, 0.2) is 12.1 Å². The zero-order valence-electron chi connectivity index (χ0n) is 12.0. The van der Waals surface area contributed by atoms with E-state index >= 15 is 0 Å². The second-order valence-electron chi connectivity index (χ2n) is 5.37. The Kier molecular flexibility index (Phi) is 4.60. The first-order valence-corrected chi connectivity index (χ1v) is 6.91. The lowest BCUT2D eigenvalue weighted by molar-refractivity contribution is -0.000270. The Morgan fingerprint density at radius 1 is 1.50 bits per heavy atom. The van der Waals surface area contributed by atoms with Gasteiger partial charge in [-0.2, -0.15) is 0 Å². The second kappa shape index (κ2) is 6.22. The standard InChI is InChI=1S/C15H21FN2O2/c1-10-7-11(17)8-13(14(10)16)15(19)18(2)9-12-5-3-4-6-20-12/h7-8,12H,3-6,9,17H2,1-2H3. The molecule has 20 heavy (non-hydrogen) atoms. The van der Waals surface area contributed by atoms with Crippen LogP contribution >= 0.6 is 0 Å². The fraction of sp³-hybridized carbons (Fsp3) is 0.533. The lowest BCUT2D eigenvalue weighted by Crippen LogP contribution is -2.37. The number of hydrogen-bond donors (Lipinski definition) is 1. The topological polar surface area (TPSA) is 55.6 Å². The van der Waals surface area contributed by atoms with Gasteiger partial charge in [-0.25, -0.2) is 4.39 Å². The van der Waals surface area contributed by atoms with Crippen molar-refractivity contribution in [2.75, 3.05) is 25.9 Å². The number of hydrogen-bond acceptors (Lipinski definition) is 3. The number of anilines is 1. The van der Waals surface area contributed by atoms with Crippen molar-refractivity contribution in [3.8, 4) is 0 Å². The molecule has 1 aliphatic heterocycles. The van der Waals surface area contributed by atoms with Gasteiger partial charge in [0.1, 0.15) is 5.82 Å². The number of likely N-dealkylation sites (N-methyl/N-ethyl adjacent to an activating group) is 1. The molecular weight excluding hydrogens is 259 g/mol. The molecule has 1 aromatic rings. The molecule has 2 rings (SSSR count). The Morgan fingerprint density at radius 2 is 2.25 bits per heavy atom. The molecule has 1 amide bonds. The normalized spacial score (nSPS) is 18.9. The largest absolute Gasteiger partial charge is 0.399 e. The molecule has 1 unspecified atom stereocenters. The van der Waals surface area contributed by atoms with Gasteiger partial charge in [0.2, 0.25) is 0 Å². The third kappa shape index (κ3) is 3.28. The lowest BCUT2D eigenvalue weighted by Gasteiger charge is -2.27. The minimum Gasteiger partial charge on any atom is -0.399 e. The summed E-state index contributed by atoms with van der Waals surface area (Å²) in [6.45, 7) is 2.82. The van der Waals surface area contributed by atoms with Crippen LogP contribution in [0, 0.1) is 12.7 Å². The van der Waals surface area contributed by atoms with Gasteiger partial charge in [0, 0.05) is 25.9 Å². The number of carbonyl (C=O) groups excluding carboxylic acids is 1. The highest BCUT2D eigenvalue weighted by Crippen LogP contribution is 2.20. The highest BCUT2D eigenvalue weighted by Gasteiger charge is 2.22. The van der Waals surface area contributed by atoms with Crippen molar-refractivity contribution in [1.82, 2.24) is 4.90 Å². The maximum Gasteiger partial charge on any atom is 0.256 e. The van der Waals surface area contributed by atoms with E-state index in [-0.39, 0.29) is 17.6 Å². The minimum absolute atomic E-state index is 0.0285. The van der Waals surface area contributed by atoms with E-state index in [0.29, 0.717) is 17.8 Å². The molecule has 1 saturated heterocycles. The van der Waals surface area contributed by atoms with Gasteiger partial charge in [-0.3, -0.25) is 4.79 Å². The lowest BCUT2D eigenvalue weighted by atomic mass is 10.1. The molecule has 5 heteroatoms. The van der Waals surface area contributed by atoms with Gasteiger partial charge in [0.05, 0.1) is 11.7 Å². The van der Waals surface area contributed by atoms with Crippen LogP contribution in [0.4, 0.5) is 10.1 Å². The zero-order valence-corrected chi connectivity index (χ0v) is 12.0. The monoisotopic (exact) mass is 280 g/mol. The molecule has 2 N–H and O–H groups in total. The Labute approximate surface area is 118 Å². The van der Waals surface area contributed by atoms with Crippen LogP contribution in [0.25, 0.3) is 0 Å². The Morgan fingerprint density at radius 3 is 2.90 bits per heavy atom. The SMILES string of the molecule is Cc1cc(N)cc(C(=O)N(C)CC2CCCCO2)c1F. The predicted molar refractivity (Wildman–Crippen MR) is 76.1 cm³/mol. The summed E-state index contributed by atoms with van der Waals surface area (Å²) in [5, 5.41) is 0. The number of nitrogen functional groups attached to an aromatic ring is 1. The first-order chi connectivity index (χ1) is 9.49. The van der Waals surface area contributed by atoms with Crippen LogP contribution in [-0.2, 0) is 4.74 Å². The van der Waals surface area contributed by atoms with Crippen LogP contribution < -0.4 is 5.73 Å². The molecule has 1 aliphatic rings. The Balaban J connectivity index is 2.10. The molecule has 0 radical (unpaired) electrons. The van der Waals surface area contributed by atoms with Crippen LogP contribution in [0.5, 0.6) is 0 Å². The van der Waals surface area contributed by atoms with Crippen LogP contribution in [-0.4, -0.2) is 37.1 Å². The Bertz CT molecular complexity index is 499. The molecule has 0 spiro atoms. The zero-order chi connectivity index (χ0) is 14.7. The maximum absolute atomic E-state index is 14.0. The molecule has 0 saturated carbocycles. The maximum atomic E-state index is 14.0. The summed E-state index contributed by atoms with van der Waals surface area (Å²) >= 11 is 0. The van der Waals surface area contributed by atoms with Crippen LogP contribution in [0.2, 0.25) is 0 Å². The number of rotatable bonds is 3. The fourth-order valence-electron chi connectivity index (χ4n) is 2.50. The van der Waals surface area contributed by atoms with E-state index in [2.05, 4.69) is 0 Å². The number of halogens is 1. The number of benzene rings is 1. The first-order valence-electron chi connectivity index (χ1n) is 6.91. The summed E-state index contributed by atoms with van der Waals surface area (Å²) < 4.78 is 19.6. The number of aryl methyl sites for hydroxylation is 1. The summed E-state index contributed by atoms with van der Waals surface area (Å²) in [6.07, 6.45) is 3.16. The highest BCUT2D eigenvalue weighted by molar-refractivity contribution is 5.95. The summed E-state index contributed by atoms with van der Waals surface area (Å²) in [7, 11) is 1.66. The van der Waals surface area contributed by atoms with E-state index in [9.17, 15) is 9.18 Å². The van der Waals surface area contributed by atoms with E-state index in [0.717, 1.165) is 25.9 Å². The molecule has 0 bridgehead atoms. The van der Waals surface area contributed by atoms with Crippen LogP contribution in [0.3, 0.4) is 0 Å². The van der Waals surface area contributed by atoms with Gasteiger partial charge in [-0.15, -0.1) is 0 Å². The molecule has 110 valence electrons. The summed E-state index contributed by atoms with van der Waals surface area (Å²) in [5.74, 6) is -0.854. The average Bonchev–Trinajstić information content (AvgIpc) is 2.43. The van der Waals surface area contributed by atoms with Crippen molar-refractivity contribution in [2.45, 2.75) is 32.3 Å². The van der Waals surface area contributed by atoms with Gasteiger partial charge < -0.3 is 15.4 Å². The second-order valence-corrected chi connectivity index (χ2v) is 5.37. The average molecular weight is 280 g/mol.